The van der Waals surface area contributed by atoms with E-state index in [0.29, 0.717) is 13.0 Å². The van der Waals surface area contributed by atoms with Gasteiger partial charge in [-0.1, -0.05) is 18.2 Å². The van der Waals surface area contributed by atoms with Crippen LogP contribution in [0.4, 0.5) is 5.69 Å². The van der Waals surface area contributed by atoms with Crippen LogP contribution in [-0.4, -0.2) is 47.6 Å². The van der Waals surface area contributed by atoms with Crippen molar-refractivity contribution in [2.45, 2.75) is 25.3 Å². The van der Waals surface area contributed by atoms with Gasteiger partial charge in [0.05, 0.1) is 6.54 Å². The summed E-state index contributed by atoms with van der Waals surface area (Å²) < 4.78 is 0. The Morgan fingerprint density at radius 1 is 1.25 bits per heavy atom. The Bertz CT molecular complexity index is 544. The number of benzene rings is 1. The summed E-state index contributed by atoms with van der Waals surface area (Å²) in [7, 11) is 0. The van der Waals surface area contributed by atoms with E-state index in [-0.39, 0.29) is 12.5 Å². The molecule has 0 aliphatic carbocycles. The van der Waals surface area contributed by atoms with Crippen molar-refractivity contribution >= 4 is 17.6 Å². The number of nitrogens with zero attached hydrogens (tertiary/aromatic N) is 2. The van der Waals surface area contributed by atoms with Crippen LogP contribution in [0.3, 0.4) is 0 Å². The van der Waals surface area contributed by atoms with Crippen molar-refractivity contribution in [1.29, 1.82) is 0 Å². The number of aliphatic carboxylic acids is 1. The third kappa shape index (κ3) is 2.24. The van der Waals surface area contributed by atoms with Gasteiger partial charge in [-0.15, -0.1) is 0 Å². The summed E-state index contributed by atoms with van der Waals surface area (Å²) in [5.74, 6) is -0.968. The molecule has 0 aromatic heterocycles. The van der Waals surface area contributed by atoms with Crippen molar-refractivity contribution in [2.24, 2.45) is 0 Å². The maximum atomic E-state index is 12.3. The SMILES string of the molecule is O=C(O)[C@H]1CCCN1C(=O)CN1CCc2ccccc21. The Morgan fingerprint density at radius 2 is 2.05 bits per heavy atom. The van der Waals surface area contributed by atoms with E-state index in [1.165, 1.54) is 10.5 Å². The van der Waals surface area contributed by atoms with Crippen LogP contribution in [0, 0.1) is 0 Å². The molecule has 5 heteroatoms. The average molecular weight is 274 g/mol. The van der Waals surface area contributed by atoms with Crippen LogP contribution in [-0.2, 0) is 16.0 Å². The summed E-state index contributed by atoms with van der Waals surface area (Å²) in [4.78, 5) is 27.1. The number of carboxylic acid groups (broad SMARTS) is 1. The Labute approximate surface area is 117 Å². The number of carbonyl (C=O) groups excluding carboxylic acids is 1. The predicted octanol–water partition coefficient (Wildman–Crippen LogP) is 1.12. The molecule has 0 saturated carbocycles. The Kier molecular flexibility index (Phi) is 3.34. The second-order valence-electron chi connectivity index (χ2n) is 5.38. The molecule has 2 aliphatic rings. The molecule has 3 rings (SSSR count). The number of fused-ring (bicyclic) bond motifs is 1. The molecule has 0 spiro atoms. The summed E-state index contributed by atoms with van der Waals surface area (Å²) >= 11 is 0. The quantitative estimate of drug-likeness (QED) is 0.897. The number of anilines is 1. The van der Waals surface area contributed by atoms with E-state index < -0.39 is 12.0 Å². The normalized spacial score (nSPS) is 21.1. The number of carboxylic acids is 1. The van der Waals surface area contributed by atoms with Gasteiger partial charge in [0.25, 0.3) is 0 Å². The Hall–Kier alpha value is -2.04. The first-order chi connectivity index (χ1) is 9.66. The Morgan fingerprint density at radius 3 is 2.85 bits per heavy atom. The minimum Gasteiger partial charge on any atom is -0.480 e. The summed E-state index contributed by atoms with van der Waals surface area (Å²) in [5.41, 5.74) is 2.36. The third-order valence-electron chi connectivity index (χ3n) is 4.17. The zero-order chi connectivity index (χ0) is 14.1. The highest BCUT2D eigenvalue weighted by Crippen LogP contribution is 2.27. The van der Waals surface area contributed by atoms with E-state index in [1.807, 2.05) is 18.2 Å². The van der Waals surface area contributed by atoms with Crippen molar-refractivity contribution in [2.75, 3.05) is 24.5 Å². The molecule has 1 aromatic carbocycles. The van der Waals surface area contributed by atoms with E-state index in [4.69, 9.17) is 5.11 Å². The minimum absolute atomic E-state index is 0.0772. The van der Waals surface area contributed by atoms with Crippen LogP contribution < -0.4 is 4.90 Å². The van der Waals surface area contributed by atoms with Gasteiger partial charge >= 0.3 is 5.97 Å². The molecule has 1 amide bonds. The first kappa shape index (κ1) is 13.0. The molecule has 2 aliphatic heterocycles. The monoisotopic (exact) mass is 274 g/mol. The molecular formula is C15H18N2O3. The second-order valence-corrected chi connectivity index (χ2v) is 5.38. The molecule has 5 nitrogen and oxygen atoms in total. The number of hydrogen-bond donors (Lipinski definition) is 1. The van der Waals surface area contributed by atoms with Gasteiger partial charge in [-0.3, -0.25) is 4.79 Å². The summed E-state index contributed by atoms with van der Waals surface area (Å²) in [6.45, 7) is 1.67. The molecule has 1 saturated heterocycles. The van der Waals surface area contributed by atoms with E-state index in [9.17, 15) is 9.59 Å². The molecule has 0 bridgehead atoms. The van der Waals surface area contributed by atoms with Crippen molar-refractivity contribution in [3.63, 3.8) is 0 Å². The van der Waals surface area contributed by atoms with Gasteiger partial charge in [0.1, 0.15) is 6.04 Å². The lowest BCUT2D eigenvalue weighted by molar-refractivity contribution is -0.147. The molecule has 2 heterocycles. The summed E-state index contributed by atoms with van der Waals surface area (Å²) in [6, 6.07) is 7.44. The fourth-order valence-corrected chi connectivity index (χ4v) is 3.15. The molecular weight excluding hydrogens is 256 g/mol. The number of hydrogen-bond acceptors (Lipinski definition) is 3. The molecule has 0 unspecified atom stereocenters. The van der Waals surface area contributed by atoms with Gasteiger partial charge in [0, 0.05) is 18.8 Å². The summed E-state index contributed by atoms with van der Waals surface area (Å²) in [6.07, 6.45) is 2.29. The fraction of sp³-hybridized carbons (Fsp3) is 0.467. The minimum atomic E-state index is -0.891. The second kappa shape index (κ2) is 5.15. The lowest BCUT2D eigenvalue weighted by Gasteiger charge is -2.25. The summed E-state index contributed by atoms with van der Waals surface area (Å²) in [5, 5.41) is 9.14. The smallest absolute Gasteiger partial charge is 0.326 e. The maximum absolute atomic E-state index is 12.3. The van der Waals surface area contributed by atoms with Crippen LogP contribution >= 0.6 is 0 Å². The third-order valence-corrected chi connectivity index (χ3v) is 4.17. The van der Waals surface area contributed by atoms with Gasteiger partial charge in [-0.25, -0.2) is 4.79 Å². The Balaban J connectivity index is 1.70. The lowest BCUT2D eigenvalue weighted by atomic mass is 10.2. The van der Waals surface area contributed by atoms with Gasteiger partial charge in [0.15, 0.2) is 0 Å². The van der Waals surface area contributed by atoms with Crippen LogP contribution in [0.25, 0.3) is 0 Å². The molecule has 1 fully saturated rings. The lowest BCUT2D eigenvalue weighted by Crippen LogP contribution is -2.45. The highest BCUT2D eigenvalue weighted by Gasteiger charge is 2.35. The van der Waals surface area contributed by atoms with Gasteiger partial charge in [0.2, 0.25) is 5.91 Å². The van der Waals surface area contributed by atoms with Crippen LogP contribution in [0.15, 0.2) is 24.3 Å². The van der Waals surface area contributed by atoms with E-state index in [0.717, 1.165) is 25.1 Å². The van der Waals surface area contributed by atoms with Crippen molar-refractivity contribution in [1.82, 2.24) is 4.90 Å². The number of amides is 1. The van der Waals surface area contributed by atoms with Crippen LogP contribution in [0.5, 0.6) is 0 Å². The van der Waals surface area contributed by atoms with Gasteiger partial charge < -0.3 is 14.9 Å². The van der Waals surface area contributed by atoms with E-state index >= 15 is 0 Å². The number of carbonyl (C=O) groups is 2. The van der Waals surface area contributed by atoms with Crippen molar-refractivity contribution in [3.05, 3.63) is 29.8 Å². The van der Waals surface area contributed by atoms with E-state index in [1.54, 1.807) is 0 Å². The van der Waals surface area contributed by atoms with Crippen molar-refractivity contribution in [3.8, 4) is 0 Å². The first-order valence-electron chi connectivity index (χ1n) is 7.02. The molecule has 1 N–H and O–H groups in total. The standard InChI is InChI=1S/C15H18N2O3/c18-14(17-8-3-6-13(17)15(19)20)10-16-9-7-11-4-1-2-5-12(11)16/h1-2,4-5,13H,3,6-10H2,(H,19,20)/t13-/m1/s1. The molecule has 106 valence electrons. The number of rotatable bonds is 3. The molecule has 1 atom stereocenters. The highest BCUT2D eigenvalue weighted by molar-refractivity contribution is 5.87. The zero-order valence-electron chi connectivity index (χ0n) is 11.3. The average Bonchev–Trinajstić information content (AvgIpc) is 3.06. The first-order valence-corrected chi connectivity index (χ1v) is 7.02. The molecule has 0 radical (unpaired) electrons. The topological polar surface area (TPSA) is 60.9 Å². The van der Waals surface area contributed by atoms with Gasteiger partial charge in [-0.2, -0.15) is 0 Å². The zero-order valence-corrected chi connectivity index (χ0v) is 11.3. The maximum Gasteiger partial charge on any atom is 0.326 e. The van der Waals surface area contributed by atoms with Crippen LogP contribution in [0.2, 0.25) is 0 Å². The molecule has 20 heavy (non-hydrogen) atoms. The molecule has 1 aromatic rings. The van der Waals surface area contributed by atoms with Crippen molar-refractivity contribution < 1.29 is 14.7 Å². The fourth-order valence-electron chi connectivity index (χ4n) is 3.15. The predicted molar refractivity (Wildman–Crippen MR) is 74.7 cm³/mol. The number of likely N-dealkylation sites (tertiary alicyclic amines) is 1. The number of para-hydroxylation sites is 1. The van der Waals surface area contributed by atoms with Gasteiger partial charge in [-0.05, 0) is 30.9 Å². The van der Waals surface area contributed by atoms with E-state index in [2.05, 4.69) is 11.0 Å². The highest BCUT2D eigenvalue weighted by atomic mass is 16.4. The van der Waals surface area contributed by atoms with Crippen LogP contribution in [0.1, 0.15) is 18.4 Å². The largest absolute Gasteiger partial charge is 0.480 e.